The second kappa shape index (κ2) is 11.5. The molecule has 0 aromatic heterocycles. The summed E-state index contributed by atoms with van der Waals surface area (Å²) >= 11 is 0. The van der Waals surface area contributed by atoms with E-state index >= 15 is 0 Å². The summed E-state index contributed by atoms with van der Waals surface area (Å²) in [5.41, 5.74) is 1.08. The Bertz CT molecular complexity index is 710. The van der Waals surface area contributed by atoms with Gasteiger partial charge in [-0.2, -0.15) is 0 Å². The van der Waals surface area contributed by atoms with Gasteiger partial charge in [0.2, 0.25) is 5.91 Å². The number of likely N-dealkylation sites (tertiary alicyclic amines) is 1. The molecule has 0 aliphatic carbocycles. The zero-order valence-electron chi connectivity index (χ0n) is 19.4. The number of ether oxygens (including phenoxy) is 1. The molecule has 3 rings (SSSR count). The fourth-order valence-corrected chi connectivity index (χ4v) is 4.37. The van der Waals surface area contributed by atoms with Gasteiger partial charge >= 0.3 is 0 Å². The van der Waals surface area contributed by atoms with Gasteiger partial charge < -0.3 is 20.3 Å². The molecule has 2 fully saturated rings. The number of benzene rings is 1. The first-order valence-electron chi connectivity index (χ1n) is 11.6. The summed E-state index contributed by atoms with van der Waals surface area (Å²) in [6.45, 7) is 10.7. The highest BCUT2D eigenvalue weighted by atomic mass is 16.5. The molecule has 1 atom stereocenters. The molecule has 172 valence electrons. The number of aliphatic imine (C=N–C) groups is 1. The Labute approximate surface area is 187 Å². The molecule has 1 aromatic carbocycles. The number of rotatable bonds is 7. The fraction of sp³-hybridized carbons (Fsp3) is 0.667. The largest absolute Gasteiger partial charge is 0.378 e. The molecule has 1 unspecified atom stereocenters. The van der Waals surface area contributed by atoms with Crippen molar-refractivity contribution in [1.29, 1.82) is 0 Å². The minimum atomic E-state index is -0.257. The van der Waals surface area contributed by atoms with Gasteiger partial charge in [-0.05, 0) is 45.3 Å². The summed E-state index contributed by atoms with van der Waals surface area (Å²) in [6.07, 6.45) is 3.89. The molecule has 1 amide bonds. The molecular weight excluding hydrogens is 390 g/mol. The number of hydrogen-bond acceptors (Lipinski definition) is 4. The molecule has 2 aliphatic heterocycles. The van der Waals surface area contributed by atoms with E-state index in [2.05, 4.69) is 34.4 Å². The topological polar surface area (TPSA) is 69.2 Å². The maximum Gasteiger partial charge on any atom is 0.232 e. The van der Waals surface area contributed by atoms with Crippen LogP contribution in [0.15, 0.2) is 35.3 Å². The molecule has 7 nitrogen and oxygen atoms in total. The van der Waals surface area contributed by atoms with E-state index in [9.17, 15) is 4.79 Å². The number of carbonyl (C=O) groups excluding carboxylic acids is 1. The van der Waals surface area contributed by atoms with Crippen molar-refractivity contribution >= 4 is 11.9 Å². The number of morpholine rings is 1. The van der Waals surface area contributed by atoms with Gasteiger partial charge in [0.05, 0.1) is 19.1 Å². The Balaban J connectivity index is 1.60. The first-order valence-corrected chi connectivity index (χ1v) is 11.6. The smallest absolute Gasteiger partial charge is 0.232 e. The van der Waals surface area contributed by atoms with E-state index < -0.39 is 0 Å². The minimum Gasteiger partial charge on any atom is -0.378 e. The van der Waals surface area contributed by atoms with Crippen molar-refractivity contribution in [3.63, 3.8) is 0 Å². The highest BCUT2D eigenvalue weighted by Gasteiger charge is 2.29. The third-order valence-electron chi connectivity index (χ3n) is 6.42. The molecule has 0 saturated carbocycles. The monoisotopic (exact) mass is 429 g/mol. The molecule has 2 N–H and O–H groups in total. The summed E-state index contributed by atoms with van der Waals surface area (Å²) in [5, 5.41) is 6.89. The van der Waals surface area contributed by atoms with Crippen LogP contribution in [-0.4, -0.2) is 86.7 Å². The van der Waals surface area contributed by atoms with Gasteiger partial charge in [-0.1, -0.05) is 36.8 Å². The van der Waals surface area contributed by atoms with Gasteiger partial charge in [-0.25, -0.2) is 0 Å². The molecule has 2 saturated heterocycles. The number of nitrogens with zero attached hydrogens (tertiary/aromatic N) is 3. The molecule has 2 heterocycles. The van der Waals surface area contributed by atoms with Crippen LogP contribution >= 0.6 is 0 Å². The van der Waals surface area contributed by atoms with Gasteiger partial charge in [0.15, 0.2) is 5.96 Å². The number of guanidine groups is 1. The Kier molecular flexibility index (Phi) is 8.72. The average molecular weight is 430 g/mol. The molecular formula is C24H39N5O2. The van der Waals surface area contributed by atoms with Gasteiger partial charge in [0.25, 0.3) is 0 Å². The Morgan fingerprint density at radius 2 is 1.74 bits per heavy atom. The van der Waals surface area contributed by atoms with E-state index in [-0.39, 0.29) is 17.4 Å². The van der Waals surface area contributed by atoms with Crippen molar-refractivity contribution in [2.45, 2.75) is 44.6 Å². The van der Waals surface area contributed by atoms with E-state index in [1.54, 1.807) is 7.05 Å². The van der Waals surface area contributed by atoms with Crippen LogP contribution in [0.2, 0.25) is 0 Å². The zero-order chi connectivity index (χ0) is 22.1. The van der Waals surface area contributed by atoms with Crippen LogP contribution in [0, 0.1) is 0 Å². The van der Waals surface area contributed by atoms with E-state index in [1.165, 1.54) is 19.3 Å². The molecule has 2 aliphatic rings. The van der Waals surface area contributed by atoms with Crippen LogP contribution in [0.5, 0.6) is 0 Å². The van der Waals surface area contributed by atoms with Crippen molar-refractivity contribution in [2.24, 2.45) is 4.99 Å². The van der Waals surface area contributed by atoms with Crippen LogP contribution < -0.4 is 10.6 Å². The lowest BCUT2D eigenvalue weighted by Gasteiger charge is -2.41. The molecule has 0 bridgehead atoms. The third kappa shape index (κ3) is 6.68. The lowest BCUT2D eigenvalue weighted by molar-refractivity contribution is -0.136. The Morgan fingerprint density at radius 1 is 1.06 bits per heavy atom. The van der Waals surface area contributed by atoms with E-state index in [0.29, 0.717) is 32.8 Å². The first kappa shape index (κ1) is 23.5. The van der Waals surface area contributed by atoms with Crippen molar-refractivity contribution in [2.75, 3.05) is 59.5 Å². The van der Waals surface area contributed by atoms with Crippen LogP contribution in [0.3, 0.4) is 0 Å². The standard InChI is InChI=1S/C24H39N5O2/c1-24(2,29-12-8-5-9-13-29)19-27-23(25-3)26-18-21(20-10-6-4-7-11-20)22(30)28-14-16-31-17-15-28/h4,6-7,10-11,21H,5,8-9,12-19H2,1-3H3,(H2,25,26,27). The SMILES string of the molecule is CN=C(NCC(C(=O)N1CCOCC1)c1ccccc1)NCC(C)(C)N1CCCCC1. The van der Waals surface area contributed by atoms with E-state index in [4.69, 9.17) is 4.74 Å². The van der Waals surface area contributed by atoms with Crippen molar-refractivity contribution < 1.29 is 9.53 Å². The fourth-order valence-electron chi connectivity index (χ4n) is 4.37. The Hall–Kier alpha value is -2.12. The molecule has 7 heteroatoms. The van der Waals surface area contributed by atoms with Crippen LogP contribution in [0.25, 0.3) is 0 Å². The van der Waals surface area contributed by atoms with Gasteiger partial charge in [-0.15, -0.1) is 0 Å². The highest BCUT2D eigenvalue weighted by Crippen LogP contribution is 2.20. The number of nitrogens with one attached hydrogen (secondary N) is 2. The summed E-state index contributed by atoms with van der Waals surface area (Å²) in [7, 11) is 1.78. The second-order valence-electron chi connectivity index (χ2n) is 9.07. The lowest BCUT2D eigenvalue weighted by atomic mass is 9.97. The predicted molar refractivity (Wildman–Crippen MR) is 125 cm³/mol. The van der Waals surface area contributed by atoms with Crippen molar-refractivity contribution in [1.82, 2.24) is 20.4 Å². The summed E-state index contributed by atoms with van der Waals surface area (Å²) in [6, 6.07) is 10.0. The number of carbonyl (C=O) groups is 1. The minimum absolute atomic E-state index is 0.0560. The maximum atomic E-state index is 13.3. The normalized spacial score (nSPS) is 19.7. The van der Waals surface area contributed by atoms with Crippen molar-refractivity contribution in [3.8, 4) is 0 Å². The number of hydrogen-bond donors (Lipinski definition) is 2. The average Bonchev–Trinajstić information content (AvgIpc) is 2.82. The van der Waals surface area contributed by atoms with Crippen LogP contribution in [0.4, 0.5) is 0 Å². The van der Waals surface area contributed by atoms with Gasteiger partial charge in [-0.3, -0.25) is 14.7 Å². The number of amides is 1. The lowest BCUT2D eigenvalue weighted by Crippen LogP contribution is -2.55. The predicted octanol–water partition coefficient (Wildman–Crippen LogP) is 2.06. The second-order valence-corrected chi connectivity index (χ2v) is 9.07. The van der Waals surface area contributed by atoms with Gasteiger partial charge in [0, 0.05) is 38.8 Å². The molecule has 0 spiro atoms. The van der Waals surface area contributed by atoms with E-state index in [0.717, 1.165) is 31.2 Å². The molecule has 0 radical (unpaired) electrons. The quantitative estimate of drug-likeness (QED) is 0.513. The number of piperidine rings is 1. The summed E-state index contributed by atoms with van der Waals surface area (Å²) < 4.78 is 5.42. The Morgan fingerprint density at radius 3 is 2.39 bits per heavy atom. The van der Waals surface area contributed by atoms with Gasteiger partial charge in [0.1, 0.15) is 0 Å². The van der Waals surface area contributed by atoms with Crippen LogP contribution in [0.1, 0.15) is 44.6 Å². The summed E-state index contributed by atoms with van der Waals surface area (Å²) in [4.78, 5) is 22.2. The first-order chi connectivity index (χ1) is 15.0. The molecule has 1 aromatic rings. The van der Waals surface area contributed by atoms with Crippen molar-refractivity contribution in [3.05, 3.63) is 35.9 Å². The summed E-state index contributed by atoms with van der Waals surface area (Å²) in [5.74, 6) is 0.625. The van der Waals surface area contributed by atoms with E-state index in [1.807, 2.05) is 35.2 Å². The maximum absolute atomic E-state index is 13.3. The zero-order valence-corrected chi connectivity index (χ0v) is 19.4. The van der Waals surface area contributed by atoms with Crippen LogP contribution in [-0.2, 0) is 9.53 Å². The third-order valence-corrected chi connectivity index (χ3v) is 6.42. The molecule has 31 heavy (non-hydrogen) atoms. The highest BCUT2D eigenvalue weighted by molar-refractivity contribution is 5.86.